The van der Waals surface area contributed by atoms with Crippen LogP contribution in [0, 0.1) is 5.92 Å². The summed E-state index contributed by atoms with van der Waals surface area (Å²) in [5.74, 6) is 0.788. The molecular formula is C25H37N5O4. The maximum atomic E-state index is 13.6. The highest BCUT2D eigenvalue weighted by atomic mass is 16.5. The molecule has 2 heterocycles. The molecule has 0 radical (unpaired) electrons. The molecule has 9 nitrogen and oxygen atoms in total. The molecule has 1 aromatic heterocycles. The third-order valence-corrected chi connectivity index (χ3v) is 6.27. The van der Waals surface area contributed by atoms with Gasteiger partial charge in [0.25, 0.3) is 5.56 Å². The first-order valence-electron chi connectivity index (χ1n) is 12.1. The molecule has 1 saturated heterocycles. The van der Waals surface area contributed by atoms with E-state index in [4.69, 9.17) is 10.5 Å². The van der Waals surface area contributed by atoms with E-state index in [9.17, 15) is 14.4 Å². The maximum Gasteiger partial charge on any atom is 0.330 e. The van der Waals surface area contributed by atoms with Gasteiger partial charge in [0.1, 0.15) is 11.6 Å². The molecule has 1 atom stereocenters. The van der Waals surface area contributed by atoms with Crippen molar-refractivity contribution >= 4 is 17.4 Å². The number of aromatic amines is 1. The highest BCUT2D eigenvalue weighted by molar-refractivity contribution is 5.96. The molecular weight excluding hydrogens is 434 g/mol. The Bertz CT molecular complexity index is 1090. The van der Waals surface area contributed by atoms with Gasteiger partial charge in [-0.15, -0.1) is 0 Å². The second-order valence-electron chi connectivity index (χ2n) is 9.30. The van der Waals surface area contributed by atoms with Gasteiger partial charge >= 0.3 is 5.69 Å². The van der Waals surface area contributed by atoms with Gasteiger partial charge in [-0.3, -0.25) is 24.0 Å². The molecule has 1 aromatic carbocycles. The molecule has 3 rings (SSSR count). The van der Waals surface area contributed by atoms with Crippen molar-refractivity contribution < 1.29 is 9.53 Å². The number of hydrogen-bond donors (Lipinski definition) is 2. The predicted octanol–water partition coefficient (Wildman–Crippen LogP) is 2.75. The highest BCUT2D eigenvalue weighted by Gasteiger charge is 2.31. The topological polar surface area (TPSA) is 114 Å². The standard InChI is InChI=1S/C25H37N5O4/c1-5-6-14-29(22-23(26)30(15-17(2)3)25(33)27-24(22)32)21(31)16-28-13-7-8-20(28)18-9-11-19(34-4)12-10-18/h9-12,17,20H,5-8,13-16,26H2,1-4H3,(H,27,32,33). The van der Waals surface area contributed by atoms with Crippen molar-refractivity contribution in [3.05, 3.63) is 50.7 Å². The number of aromatic nitrogens is 2. The lowest BCUT2D eigenvalue weighted by atomic mass is 10.0. The van der Waals surface area contributed by atoms with Crippen LogP contribution in [-0.2, 0) is 11.3 Å². The predicted molar refractivity (Wildman–Crippen MR) is 134 cm³/mol. The summed E-state index contributed by atoms with van der Waals surface area (Å²) in [5.41, 5.74) is 6.34. The lowest BCUT2D eigenvalue weighted by Crippen LogP contribution is -2.45. The average molecular weight is 472 g/mol. The van der Waals surface area contributed by atoms with Crippen LogP contribution in [0.5, 0.6) is 5.75 Å². The summed E-state index contributed by atoms with van der Waals surface area (Å²) in [6.45, 7) is 7.63. The van der Waals surface area contributed by atoms with Gasteiger partial charge in [0.15, 0.2) is 5.69 Å². The van der Waals surface area contributed by atoms with Gasteiger partial charge in [-0.2, -0.15) is 0 Å². The lowest BCUT2D eigenvalue weighted by Gasteiger charge is -2.29. The minimum absolute atomic E-state index is 0.0417. The van der Waals surface area contributed by atoms with Crippen molar-refractivity contribution in [3.8, 4) is 5.75 Å². The summed E-state index contributed by atoms with van der Waals surface area (Å²) in [4.78, 5) is 44.8. The number of nitrogens with zero attached hydrogens (tertiary/aromatic N) is 3. The van der Waals surface area contributed by atoms with Crippen LogP contribution < -0.4 is 26.6 Å². The summed E-state index contributed by atoms with van der Waals surface area (Å²) in [6, 6.07) is 8.05. The average Bonchev–Trinajstić information content (AvgIpc) is 3.26. The number of nitrogen functional groups attached to an aromatic ring is 1. The molecule has 1 aliphatic heterocycles. The fourth-order valence-corrected chi connectivity index (χ4v) is 4.54. The van der Waals surface area contributed by atoms with Crippen molar-refractivity contribution in [2.75, 3.05) is 37.4 Å². The molecule has 1 unspecified atom stereocenters. The molecule has 3 N–H and O–H groups in total. The minimum Gasteiger partial charge on any atom is -0.497 e. The molecule has 186 valence electrons. The number of amides is 1. The molecule has 0 spiro atoms. The van der Waals surface area contributed by atoms with Gasteiger partial charge < -0.3 is 15.4 Å². The third kappa shape index (κ3) is 5.70. The second kappa shape index (κ2) is 11.4. The molecule has 1 fully saturated rings. The maximum absolute atomic E-state index is 13.6. The number of benzene rings is 1. The largest absolute Gasteiger partial charge is 0.497 e. The van der Waals surface area contributed by atoms with E-state index in [-0.39, 0.29) is 35.9 Å². The van der Waals surface area contributed by atoms with Crippen LogP contribution in [0.3, 0.4) is 0 Å². The summed E-state index contributed by atoms with van der Waals surface area (Å²) in [6.07, 6.45) is 3.51. The van der Waals surface area contributed by atoms with Crippen molar-refractivity contribution in [1.82, 2.24) is 14.5 Å². The monoisotopic (exact) mass is 471 g/mol. The Morgan fingerprint density at radius 1 is 1.26 bits per heavy atom. The Morgan fingerprint density at radius 3 is 2.59 bits per heavy atom. The molecule has 1 amide bonds. The van der Waals surface area contributed by atoms with E-state index in [2.05, 4.69) is 9.88 Å². The van der Waals surface area contributed by atoms with E-state index < -0.39 is 11.2 Å². The molecule has 0 saturated carbocycles. The van der Waals surface area contributed by atoms with Gasteiger partial charge in [0, 0.05) is 19.1 Å². The van der Waals surface area contributed by atoms with Crippen molar-refractivity contribution in [3.63, 3.8) is 0 Å². The molecule has 34 heavy (non-hydrogen) atoms. The molecule has 0 aliphatic carbocycles. The first-order chi connectivity index (χ1) is 16.3. The van der Waals surface area contributed by atoms with Crippen LogP contribution in [0.15, 0.2) is 33.9 Å². The fraction of sp³-hybridized carbons (Fsp3) is 0.560. The molecule has 1 aliphatic rings. The van der Waals surface area contributed by atoms with Crippen molar-refractivity contribution in [1.29, 1.82) is 0 Å². The number of hydrogen-bond acceptors (Lipinski definition) is 6. The minimum atomic E-state index is -0.625. The van der Waals surface area contributed by atoms with E-state index in [0.717, 1.165) is 43.5 Å². The number of carbonyl (C=O) groups excluding carboxylic acids is 1. The van der Waals surface area contributed by atoms with E-state index in [1.165, 1.54) is 9.47 Å². The number of anilines is 2. The smallest absolute Gasteiger partial charge is 0.330 e. The number of unbranched alkanes of at least 4 members (excludes halogenated alkanes) is 1. The SMILES string of the molecule is CCCCN(C(=O)CN1CCCC1c1ccc(OC)cc1)c1c(N)n(CC(C)C)c(=O)[nH]c1=O. The van der Waals surface area contributed by atoms with Crippen LogP contribution >= 0.6 is 0 Å². The Hall–Kier alpha value is -3.07. The summed E-state index contributed by atoms with van der Waals surface area (Å²) in [7, 11) is 1.64. The number of rotatable bonds is 10. The zero-order chi connectivity index (χ0) is 24.8. The zero-order valence-corrected chi connectivity index (χ0v) is 20.7. The van der Waals surface area contributed by atoms with E-state index in [1.54, 1.807) is 7.11 Å². The Balaban J connectivity index is 1.90. The van der Waals surface area contributed by atoms with Gasteiger partial charge in [-0.1, -0.05) is 39.3 Å². The number of nitrogens with one attached hydrogen (secondary N) is 1. The quantitative estimate of drug-likeness (QED) is 0.551. The first kappa shape index (κ1) is 25.6. The van der Waals surface area contributed by atoms with Crippen LogP contribution in [0.25, 0.3) is 0 Å². The van der Waals surface area contributed by atoms with Gasteiger partial charge in [-0.05, 0) is 49.4 Å². The van der Waals surface area contributed by atoms with Crippen LogP contribution in [0.1, 0.15) is 58.1 Å². The molecule has 0 bridgehead atoms. The second-order valence-corrected chi connectivity index (χ2v) is 9.30. The van der Waals surface area contributed by atoms with Crippen molar-refractivity contribution in [2.24, 2.45) is 5.92 Å². The number of likely N-dealkylation sites (tertiary alicyclic amines) is 1. The normalized spacial score (nSPS) is 16.2. The number of H-pyrrole nitrogens is 1. The Morgan fingerprint density at radius 2 is 1.97 bits per heavy atom. The first-order valence-corrected chi connectivity index (χ1v) is 12.1. The summed E-state index contributed by atoms with van der Waals surface area (Å²) < 4.78 is 6.61. The number of nitrogens with two attached hydrogens (primary N) is 1. The van der Waals surface area contributed by atoms with Crippen LogP contribution in [-0.4, -0.2) is 47.1 Å². The van der Waals surface area contributed by atoms with E-state index in [1.807, 2.05) is 45.0 Å². The van der Waals surface area contributed by atoms with Crippen molar-refractivity contribution in [2.45, 2.75) is 59.0 Å². The zero-order valence-electron chi connectivity index (χ0n) is 20.7. The van der Waals surface area contributed by atoms with E-state index in [0.29, 0.717) is 13.1 Å². The summed E-state index contributed by atoms with van der Waals surface area (Å²) >= 11 is 0. The fourth-order valence-electron chi connectivity index (χ4n) is 4.54. The summed E-state index contributed by atoms with van der Waals surface area (Å²) in [5, 5.41) is 0. The third-order valence-electron chi connectivity index (χ3n) is 6.27. The Kier molecular flexibility index (Phi) is 8.55. The molecule has 2 aromatic rings. The number of ether oxygens (including phenoxy) is 1. The lowest BCUT2D eigenvalue weighted by molar-refractivity contribution is -0.120. The highest BCUT2D eigenvalue weighted by Crippen LogP contribution is 2.33. The van der Waals surface area contributed by atoms with Gasteiger partial charge in [-0.25, -0.2) is 4.79 Å². The number of methoxy groups -OCH3 is 1. The van der Waals surface area contributed by atoms with Crippen LogP contribution in [0.2, 0.25) is 0 Å². The van der Waals surface area contributed by atoms with E-state index >= 15 is 0 Å². The Labute approximate surface area is 200 Å². The number of carbonyl (C=O) groups is 1. The van der Waals surface area contributed by atoms with Gasteiger partial charge in [0.2, 0.25) is 5.91 Å². The van der Waals surface area contributed by atoms with Crippen LogP contribution in [0.4, 0.5) is 11.5 Å². The van der Waals surface area contributed by atoms with Gasteiger partial charge in [0.05, 0.1) is 13.7 Å². The molecule has 9 heteroatoms.